The van der Waals surface area contributed by atoms with Crippen LogP contribution < -0.4 is 19.6 Å². The number of ether oxygens (including phenoxy) is 3. The molecule has 0 saturated carbocycles. The normalized spacial score (nSPS) is 10.7. The zero-order valence-electron chi connectivity index (χ0n) is 18.0. The van der Waals surface area contributed by atoms with Gasteiger partial charge in [0.15, 0.2) is 18.1 Å². The van der Waals surface area contributed by atoms with Gasteiger partial charge in [-0.2, -0.15) is 5.10 Å². The highest BCUT2D eigenvalue weighted by atomic mass is 35.5. The fourth-order valence-electron chi connectivity index (χ4n) is 2.73. The zero-order valence-corrected chi connectivity index (χ0v) is 18.8. The Bertz CT molecular complexity index is 1050. The number of carbonyl (C=O) groups is 1. The fourth-order valence-corrected chi connectivity index (χ4v) is 2.85. The second-order valence-electron chi connectivity index (χ2n) is 6.95. The first-order valence-electron chi connectivity index (χ1n) is 10.2. The van der Waals surface area contributed by atoms with E-state index >= 15 is 0 Å². The van der Waals surface area contributed by atoms with E-state index < -0.39 is 0 Å². The number of halogens is 1. The van der Waals surface area contributed by atoms with E-state index in [0.29, 0.717) is 35.5 Å². The highest BCUT2D eigenvalue weighted by Gasteiger charge is 2.07. The summed E-state index contributed by atoms with van der Waals surface area (Å²) < 4.78 is 17.0. The van der Waals surface area contributed by atoms with Crippen molar-refractivity contribution in [1.29, 1.82) is 0 Å². The molecule has 3 rings (SSSR count). The van der Waals surface area contributed by atoms with Crippen molar-refractivity contribution in [3.63, 3.8) is 0 Å². The van der Waals surface area contributed by atoms with Gasteiger partial charge in [-0.1, -0.05) is 41.4 Å². The van der Waals surface area contributed by atoms with Crippen molar-refractivity contribution in [3.05, 3.63) is 88.4 Å². The summed E-state index contributed by atoms with van der Waals surface area (Å²) in [6.07, 6.45) is 1.54. The van der Waals surface area contributed by atoms with E-state index in [-0.39, 0.29) is 12.5 Å². The van der Waals surface area contributed by atoms with Crippen LogP contribution in [0.1, 0.15) is 23.6 Å². The van der Waals surface area contributed by atoms with Gasteiger partial charge in [0.25, 0.3) is 5.91 Å². The lowest BCUT2D eigenvalue weighted by molar-refractivity contribution is -0.123. The highest BCUT2D eigenvalue weighted by Crippen LogP contribution is 2.29. The molecule has 3 aromatic carbocycles. The molecule has 0 heterocycles. The van der Waals surface area contributed by atoms with Gasteiger partial charge in [-0.05, 0) is 67.4 Å². The number of benzene rings is 3. The maximum Gasteiger partial charge on any atom is 0.277 e. The van der Waals surface area contributed by atoms with Crippen LogP contribution in [-0.2, 0) is 11.4 Å². The molecule has 1 amide bonds. The lowest BCUT2D eigenvalue weighted by Gasteiger charge is -2.12. The van der Waals surface area contributed by atoms with E-state index in [1.54, 1.807) is 6.07 Å². The van der Waals surface area contributed by atoms with Crippen LogP contribution in [0.15, 0.2) is 71.8 Å². The van der Waals surface area contributed by atoms with Crippen molar-refractivity contribution in [2.75, 3.05) is 13.2 Å². The molecule has 3 aromatic rings. The van der Waals surface area contributed by atoms with Gasteiger partial charge >= 0.3 is 0 Å². The first-order chi connectivity index (χ1) is 15.5. The summed E-state index contributed by atoms with van der Waals surface area (Å²) in [5.74, 6) is 1.49. The monoisotopic (exact) mass is 452 g/mol. The molecule has 0 aliphatic rings. The molecule has 0 spiro atoms. The third-order valence-electron chi connectivity index (χ3n) is 4.37. The molecule has 7 heteroatoms. The van der Waals surface area contributed by atoms with E-state index in [9.17, 15) is 4.79 Å². The van der Waals surface area contributed by atoms with E-state index in [1.165, 1.54) is 6.21 Å². The van der Waals surface area contributed by atoms with Crippen LogP contribution in [0.25, 0.3) is 0 Å². The molecule has 0 fully saturated rings. The smallest absolute Gasteiger partial charge is 0.277 e. The molecule has 0 radical (unpaired) electrons. The summed E-state index contributed by atoms with van der Waals surface area (Å²) in [6, 6.07) is 20.4. The molecular formula is C25H25ClN2O4. The standard InChI is InChI=1S/C25H25ClN2O4/c1-3-30-24-14-20(8-13-23(24)32-16-19-6-9-21(26)10-7-19)15-27-28-25(29)17-31-22-11-4-18(2)5-12-22/h4-15H,3,16-17H2,1-2H3,(H,28,29). The minimum atomic E-state index is -0.352. The quantitative estimate of drug-likeness (QED) is 0.341. The first kappa shape index (κ1) is 23.2. The molecule has 1 N–H and O–H groups in total. The topological polar surface area (TPSA) is 69.2 Å². The number of aryl methyl sites for hydroxylation is 1. The van der Waals surface area contributed by atoms with Crippen LogP contribution in [0.4, 0.5) is 0 Å². The number of hydrogen-bond acceptors (Lipinski definition) is 5. The number of nitrogens with zero attached hydrogens (tertiary/aromatic N) is 1. The summed E-state index contributed by atoms with van der Waals surface area (Å²) in [7, 11) is 0. The largest absolute Gasteiger partial charge is 0.490 e. The van der Waals surface area contributed by atoms with Gasteiger partial charge in [0.2, 0.25) is 0 Å². The third-order valence-corrected chi connectivity index (χ3v) is 4.62. The number of amides is 1. The van der Waals surface area contributed by atoms with Crippen molar-refractivity contribution < 1.29 is 19.0 Å². The van der Waals surface area contributed by atoms with Gasteiger partial charge in [-0.25, -0.2) is 5.43 Å². The molecule has 6 nitrogen and oxygen atoms in total. The van der Waals surface area contributed by atoms with Crippen LogP contribution in [-0.4, -0.2) is 25.3 Å². The van der Waals surface area contributed by atoms with E-state index in [0.717, 1.165) is 16.7 Å². The van der Waals surface area contributed by atoms with Crippen LogP contribution in [0, 0.1) is 6.92 Å². The van der Waals surface area contributed by atoms with Crippen molar-refractivity contribution in [3.8, 4) is 17.2 Å². The van der Waals surface area contributed by atoms with Crippen molar-refractivity contribution >= 4 is 23.7 Å². The highest BCUT2D eigenvalue weighted by molar-refractivity contribution is 6.30. The Balaban J connectivity index is 1.54. The van der Waals surface area contributed by atoms with E-state index in [2.05, 4.69) is 10.5 Å². The first-order valence-corrected chi connectivity index (χ1v) is 10.6. The van der Waals surface area contributed by atoms with Gasteiger partial charge in [0.05, 0.1) is 12.8 Å². The number of nitrogens with one attached hydrogen (secondary N) is 1. The van der Waals surface area contributed by atoms with Crippen molar-refractivity contribution in [2.24, 2.45) is 5.10 Å². The summed E-state index contributed by atoms with van der Waals surface area (Å²) in [4.78, 5) is 11.9. The van der Waals surface area contributed by atoms with Gasteiger partial charge in [0, 0.05) is 5.02 Å². The van der Waals surface area contributed by atoms with E-state index in [1.807, 2.05) is 74.5 Å². The molecule has 0 aliphatic carbocycles. The Morgan fingerprint density at radius 3 is 2.44 bits per heavy atom. The fraction of sp³-hybridized carbons (Fsp3) is 0.200. The van der Waals surface area contributed by atoms with Crippen molar-refractivity contribution in [2.45, 2.75) is 20.5 Å². The number of carbonyl (C=O) groups excluding carboxylic acids is 1. The lowest BCUT2D eigenvalue weighted by atomic mass is 10.2. The lowest BCUT2D eigenvalue weighted by Crippen LogP contribution is -2.24. The minimum absolute atomic E-state index is 0.123. The SMILES string of the molecule is CCOc1cc(C=NNC(=O)COc2ccc(C)cc2)ccc1OCc1ccc(Cl)cc1. The van der Waals surface area contributed by atoms with Crippen LogP contribution in [0.3, 0.4) is 0 Å². The van der Waals surface area contributed by atoms with Crippen LogP contribution >= 0.6 is 11.6 Å². The molecule has 0 bridgehead atoms. The third kappa shape index (κ3) is 7.32. The Morgan fingerprint density at radius 2 is 1.72 bits per heavy atom. The zero-order chi connectivity index (χ0) is 22.8. The van der Waals surface area contributed by atoms with Gasteiger partial charge in [-0.3, -0.25) is 4.79 Å². The summed E-state index contributed by atoms with van der Waals surface area (Å²) >= 11 is 5.92. The summed E-state index contributed by atoms with van der Waals surface area (Å²) in [5, 5.41) is 4.67. The van der Waals surface area contributed by atoms with Crippen molar-refractivity contribution in [1.82, 2.24) is 5.43 Å². The number of hydrazone groups is 1. The maximum absolute atomic E-state index is 11.9. The maximum atomic E-state index is 11.9. The second kappa shape index (κ2) is 11.8. The average Bonchev–Trinajstić information content (AvgIpc) is 2.79. The van der Waals surface area contributed by atoms with Gasteiger partial charge in [-0.15, -0.1) is 0 Å². The predicted molar refractivity (Wildman–Crippen MR) is 126 cm³/mol. The Kier molecular flexibility index (Phi) is 8.52. The van der Waals surface area contributed by atoms with E-state index in [4.69, 9.17) is 25.8 Å². The molecule has 0 unspecified atom stereocenters. The van der Waals surface area contributed by atoms with Crippen LogP contribution in [0.5, 0.6) is 17.2 Å². The summed E-state index contributed by atoms with van der Waals surface area (Å²) in [5.41, 5.74) is 5.33. The molecule has 0 saturated heterocycles. The minimum Gasteiger partial charge on any atom is -0.490 e. The number of hydrogen-bond donors (Lipinski definition) is 1. The van der Waals surface area contributed by atoms with Crippen LogP contribution in [0.2, 0.25) is 5.02 Å². The second-order valence-corrected chi connectivity index (χ2v) is 7.39. The Labute approximate surface area is 192 Å². The molecule has 166 valence electrons. The molecule has 0 atom stereocenters. The van der Waals surface area contributed by atoms with Gasteiger partial charge < -0.3 is 14.2 Å². The Morgan fingerprint density at radius 1 is 0.969 bits per heavy atom. The number of rotatable bonds is 10. The molecule has 32 heavy (non-hydrogen) atoms. The summed E-state index contributed by atoms with van der Waals surface area (Å²) in [6.45, 7) is 4.65. The Hall–Kier alpha value is -3.51. The molecule has 0 aliphatic heterocycles. The average molecular weight is 453 g/mol. The molecular weight excluding hydrogens is 428 g/mol. The van der Waals surface area contributed by atoms with Gasteiger partial charge in [0.1, 0.15) is 12.4 Å². The predicted octanol–water partition coefficient (Wildman–Crippen LogP) is 5.16. The molecule has 0 aromatic heterocycles.